The molecule has 0 aliphatic carbocycles. The van der Waals surface area contributed by atoms with Gasteiger partial charge >= 0.3 is 0 Å². The molecule has 0 atom stereocenters. The zero-order valence-corrected chi connectivity index (χ0v) is 14.7. The Kier molecular flexibility index (Phi) is 1.59. The van der Waals surface area contributed by atoms with Crippen LogP contribution >= 0.6 is 0 Å². The number of rotatable bonds is 2. The lowest BCUT2D eigenvalue weighted by molar-refractivity contribution is 0.590. The Bertz CT molecular complexity index is 1660. The summed E-state index contributed by atoms with van der Waals surface area (Å²) in [5.41, 5.74) is -5.99. The molecule has 144 valence electrons. The first kappa shape index (κ1) is 6.95. The summed E-state index contributed by atoms with van der Waals surface area (Å²) >= 11 is 0. The quantitative estimate of drug-likeness (QED) is 0.376. The number of furan rings is 1. The highest BCUT2D eigenvalue weighted by molar-refractivity contribution is 6.06. The predicted molar refractivity (Wildman–Crippen MR) is 121 cm³/mol. The molecule has 4 rings (SSSR count). The van der Waals surface area contributed by atoms with Crippen LogP contribution in [0.3, 0.4) is 0 Å². The van der Waals surface area contributed by atoms with Gasteiger partial charge < -0.3 is 9.73 Å². The van der Waals surface area contributed by atoms with Crippen LogP contribution in [0.1, 0.15) is 76.9 Å². The Morgan fingerprint density at radius 3 is 1.86 bits per heavy atom. The number of hydrogen-bond acceptors (Lipinski definition) is 2. The van der Waals surface area contributed by atoms with Crippen LogP contribution in [0.4, 0.5) is 11.4 Å². The summed E-state index contributed by atoms with van der Waals surface area (Å²) in [5, 5.41) is 3.65. The Morgan fingerprint density at radius 2 is 1.18 bits per heavy atom. The zero-order valence-electron chi connectivity index (χ0n) is 32.7. The molecule has 0 saturated heterocycles. The molecule has 4 aromatic rings. The summed E-state index contributed by atoms with van der Waals surface area (Å²) in [5.74, 6) is 0. The molecule has 1 N–H and O–H groups in total. The van der Waals surface area contributed by atoms with Crippen LogP contribution in [0.15, 0.2) is 65.1 Å². The molecule has 0 unspecified atom stereocenters. The lowest BCUT2D eigenvalue weighted by Crippen LogP contribution is -2.10. The van der Waals surface area contributed by atoms with Crippen molar-refractivity contribution in [2.75, 3.05) is 5.32 Å². The maximum Gasteiger partial charge on any atom is 0.135 e. The lowest BCUT2D eigenvalue weighted by atomic mass is 9.86. The van der Waals surface area contributed by atoms with Crippen LogP contribution in [-0.4, -0.2) is 0 Å². The van der Waals surface area contributed by atoms with Gasteiger partial charge in [0.05, 0.1) is 0 Å². The molecule has 28 heavy (non-hydrogen) atoms. The third-order valence-corrected chi connectivity index (χ3v) is 4.51. The maximum atomic E-state index is 8.02. The van der Waals surface area contributed by atoms with Crippen molar-refractivity contribution in [2.45, 2.75) is 51.9 Å². The molecular weight excluding hydrogens is 342 g/mol. The zero-order chi connectivity index (χ0) is 35.1. The highest BCUT2D eigenvalue weighted by Gasteiger charge is 2.16. The number of fused-ring (bicyclic) bond motifs is 3. The van der Waals surface area contributed by atoms with Crippen molar-refractivity contribution in [3.63, 3.8) is 0 Å². The molecule has 0 saturated carbocycles. The van der Waals surface area contributed by atoms with E-state index < -0.39 is 63.1 Å². The molecule has 1 heterocycles. The van der Waals surface area contributed by atoms with Gasteiger partial charge in [-0.1, -0.05) is 59.3 Å². The monoisotopic (exact) mass is 389 g/mol. The van der Waals surface area contributed by atoms with Gasteiger partial charge in [0.2, 0.25) is 0 Å². The van der Waals surface area contributed by atoms with E-state index in [9.17, 15) is 0 Å². The average Bonchev–Trinajstić information content (AvgIpc) is 3.18. The van der Waals surface area contributed by atoms with Gasteiger partial charge in [0.1, 0.15) is 11.2 Å². The number of anilines is 2. The number of nitrogens with one attached hydrogen (secondary N) is 1. The molecule has 0 bridgehead atoms. The van der Waals surface area contributed by atoms with Crippen molar-refractivity contribution in [1.29, 1.82) is 0 Å². The second-order valence-electron chi connectivity index (χ2n) is 6.73. The third kappa shape index (κ3) is 3.52. The Morgan fingerprint density at radius 1 is 0.643 bits per heavy atom. The summed E-state index contributed by atoms with van der Waals surface area (Å²) in [4.78, 5) is 0. The summed E-state index contributed by atoms with van der Waals surface area (Å²) in [6.07, 6.45) is 0. The van der Waals surface area contributed by atoms with E-state index in [0.717, 1.165) is 18.2 Å². The molecule has 0 aliphatic rings. The largest absolute Gasteiger partial charge is 0.456 e. The standard InChI is InChI=1S/C26H29NO/c1-25(2,3)17-7-10-19(11-8-17)27-20-12-14-24-22(16-20)21-15-18(26(4,5)6)9-13-23(21)28-24/h7-16,27H,1-6H3/i1D3,2D3,3D3,4D3,5D3,6D3. The van der Waals surface area contributed by atoms with E-state index in [-0.39, 0.29) is 11.0 Å². The van der Waals surface area contributed by atoms with Gasteiger partial charge in [-0.05, 0) is 64.4 Å². The first-order chi connectivity index (χ1) is 20.6. The second-order valence-corrected chi connectivity index (χ2v) is 6.73. The SMILES string of the molecule is [2H]C([2H])([2H])C(c1ccc(Nc2ccc3oc4ccc(C(C([2H])([2H])[2H])(C([2H])([2H])[2H])C([2H])([2H])[2H])cc4c3c2)cc1)(C([2H])([2H])[2H])C([2H])([2H])[2H]. The molecule has 0 aliphatic heterocycles. The molecule has 2 nitrogen and oxygen atoms in total. The van der Waals surface area contributed by atoms with Crippen LogP contribution < -0.4 is 5.32 Å². The van der Waals surface area contributed by atoms with E-state index in [1.807, 2.05) is 0 Å². The van der Waals surface area contributed by atoms with Gasteiger partial charge in [0, 0.05) is 46.8 Å². The Balaban J connectivity index is 1.82. The van der Waals surface area contributed by atoms with Gasteiger partial charge in [-0.15, -0.1) is 0 Å². The summed E-state index contributed by atoms with van der Waals surface area (Å²) in [6, 6.07) is 13.2. The molecule has 1 aromatic heterocycles. The Hall–Kier alpha value is -2.74. The molecule has 3 aromatic carbocycles. The molecule has 0 radical (unpaired) electrons. The molecule has 2 heteroatoms. The average molecular weight is 390 g/mol. The lowest BCUT2D eigenvalue weighted by Gasteiger charge is -2.19. The van der Waals surface area contributed by atoms with Crippen molar-refractivity contribution < 1.29 is 29.1 Å². The van der Waals surface area contributed by atoms with Crippen molar-refractivity contribution in [3.05, 3.63) is 71.8 Å². The summed E-state index contributed by atoms with van der Waals surface area (Å²) in [7, 11) is 0. The molecule has 0 amide bonds. The van der Waals surface area contributed by atoms with E-state index >= 15 is 0 Å². The fourth-order valence-electron chi connectivity index (χ4n) is 3.06. The van der Waals surface area contributed by atoms with Gasteiger partial charge in [0.15, 0.2) is 0 Å². The van der Waals surface area contributed by atoms with Crippen LogP contribution in [0, 0.1) is 0 Å². The number of hydrogen-bond donors (Lipinski definition) is 1. The van der Waals surface area contributed by atoms with Gasteiger partial charge in [0.25, 0.3) is 0 Å². The van der Waals surface area contributed by atoms with E-state index in [2.05, 4.69) is 5.32 Å². The van der Waals surface area contributed by atoms with Crippen molar-refractivity contribution >= 4 is 33.3 Å². The van der Waals surface area contributed by atoms with Gasteiger partial charge in [-0.25, -0.2) is 0 Å². The topological polar surface area (TPSA) is 25.2 Å². The predicted octanol–water partition coefficient (Wildman–Crippen LogP) is 7.92. The molecule has 0 fully saturated rings. The van der Waals surface area contributed by atoms with Crippen LogP contribution in [0.5, 0.6) is 0 Å². The minimum atomic E-state index is -3.45. The fraction of sp³-hybridized carbons (Fsp3) is 0.308. The van der Waals surface area contributed by atoms with E-state index in [1.54, 1.807) is 18.2 Å². The van der Waals surface area contributed by atoms with Crippen LogP contribution in [0.25, 0.3) is 21.9 Å². The van der Waals surface area contributed by atoms with Gasteiger partial charge in [-0.2, -0.15) is 0 Å². The highest BCUT2D eigenvalue weighted by atomic mass is 16.3. The normalized spacial score (nSPS) is 24.9. The van der Waals surface area contributed by atoms with Crippen LogP contribution in [-0.2, 0) is 10.8 Å². The van der Waals surface area contributed by atoms with Gasteiger partial charge in [-0.3, -0.25) is 0 Å². The minimum absolute atomic E-state index is 0.228. The van der Waals surface area contributed by atoms with Crippen molar-refractivity contribution in [2.24, 2.45) is 0 Å². The number of benzene rings is 3. The Labute approximate surface area is 192 Å². The summed E-state index contributed by atoms with van der Waals surface area (Å²) in [6.45, 7) is -20.6. The van der Waals surface area contributed by atoms with Crippen LogP contribution in [0.2, 0.25) is 0 Å². The maximum absolute atomic E-state index is 8.02. The molecular formula is C26H29NO. The third-order valence-electron chi connectivity index (χ3n) is 4.51. The first-order valence-electron chi connectivity index (χ1n) is 17.5. The first-order valence-corrected chi connectivity index (χ1v) is 8.46. The van der Waals surface area contributed by atoms with E-state index in [1.165, 1.54) is 24.3 Å². The summed E-state index contributed by atoms with van der Waals surface area (Å²) < 4.78 is 149. The smallest absolute Gasteiger partial charge is 0.135 e. The highest BCUT2D eigenvalue weighted by Crippen LogP contribution is 2.35. The second kappa shape index (κ2) is 6.41. The molecule has 0 spiro atoms. The van der Waals surface area contributed by atoms with Crippen molar-refractivity contribution in [3.8, 4) is 0 Å². The fourth-order valence-corrected chi connectivity index (χ4v) is 3.06. The minimum Gasteiger partial charge on any atom is -0.456 e. The van der Waals surface area contributed by atoms with E-state index in [0.29, 0.717) is 22.3 Å². The van der Waals surface area contributed by atoms with E-state index in [4.69, 9.17) is 29.1 Å². The van der Waals surface area contributed by atoms with Crippen molar-refractivity contribution in [1.82, 2.24) is 0 Å².